The number of rotatable bonds is 6. The number of carbonyl (C=O) groups is 2. The molecule has 0 saturated carbocycles. The number of nitrogens with one attached hydrogen (secondary N) is 2. The van der Waals surface area contributed by atoms with Gasteiger partial charge in [-0.15, -0.1) is 0 Å². The molecule has 6 nitrogen and oxygen atoms in total. The Balaban J connectivity index is 1.50. The van der Waals surface area contributed by atoms with E-state index in [9.17, 15) is 9.59 Å². The number of benzene rings is 2. The molecule has 0 aliphatic carbocycles. The number of aryl methyl sites for hydroxylation is 1. The quantitative estimate of drug-likeness (QED) is 0.782. The van der Waals surface area contributed by atoms with E-state index in [1.165, 1.54) is 0 Å². The zero-order valence-corrected chi connectivity index (χ0v) is 14.7. The highest BCUT2D eigenvalue weighted by atomic mass is 16.5. The van der Waals surface area contributed by atoms with E-state index < -0.39 is 0 Å². The molecule has 1 aliphatic rings. The molecule has 2 aromatic carbocycles. The lowest BCUT2D eigenvalue weighted by atomic mass is 10.0. The number of hydrogen-bond acceptors (Lipinski definition) is 4. The topological polar surface area (TPSA) is 76.7 Å². The minimum absolute atomic E-state index is 0.0247. The Bertz CT molecular complexity index is 787. The normalized spacial score (nSPS) is 13.2. The molecule has 0 radical (unpaired) electrons. The van der Waals surface area contributed by atoms with Crippen LogP contribution >= 0.6 is 0 Å². The van der Waals surface area contributed by atoms with Gasteiger partial charge in [-0.1, -0.05) is 0 Å². The van der Waals surface area contributed by atoms with Crippen LogP contribution in [0.4, 0.5) is 5.69 Å². The molecule has 0 saturated heterocycles. The maximum absolute atomic E-state index is 12.3. The smallest absolute Gasteiger partial charge is 0.251 e. The largest absolute Gasteiger partial charge is 0.497 e. The molecule has 0 atom stereocenters. The van der Waals surface area contributed by atoms with Crippen LogP contribution in [0.3, 0.4) is 0 Å². The van der Waals surface area contributed by atoms with Crippen LogP contribution in [0.1, 0.15) is 28.8 Å². The standard InChI is InChI=1S/C20H22N2O4/c1-25-16-6-8-17(9-7-16)26-12-11-21-20(24)15-5-10-18-14(13-15)3-2-4-19(23)22-18/h5-10,13H,2-4,11-12H2,1H3,(H,21,24)(H,22,23). The predicted octanol–water partition coefficient (Wildman–Crippen LogP) is 2.78. The molecule has 0 spiro atoms. The van der Waals surface area contributed by atoms with E-state index in [1.807, 2.05) is 30.3 Å². The molecule has 136 valence electrons. The minimum Gasteiger partial charge on any atom is -0.497 e. The zero-order chi connectivity index (χ0) is 18.4. The molecule has 0 bridgehead atoms. The Morgan fingerprint density at radius 1 is 1.12 bits per heavy atom. The minimum atomic E-state index is -0.151. The number of anilines is 1. The van der Waals surface area contributed by atoms with E-state index in [-0.39, 0.29) is 11.8 Å². The van der Waals surface area contributed by atoms with E-state index in [0.29, 0.717) is 25.1 Å². The molecule has 3 rings (SSSR count). The van der Waals surface area contributed by atoms with Crippen molar-refractivity contribution in [3.8, 4) is 11.5 Å². The van der Waals surface area contributed by atoms with Gasteiger partial charge in [-0.2, -0.15) is 0 Å². The summed E-state index contributed by atoms with van der Waals surface area (Å²) in [4.78, 5) is 23.9. The van der Waals surface area contributed by atoms with Crippen LogP contribution < -0.4 is 20.1 Å². The zero-order valence-electron chi connectivity index (χ0n) is 14.7. The Labute approximate surface area is 152 Å². The highest BCUT2D eigenvalue weighted by molar-refractivity contribution is 5.97. The van der Waals surface area contributed by atoms with E-state index in [1.54, 1.807) is 19.2 Å². The summed E-state index contributed by atoms with van der Waals surface area (Å²) in [6.07, 6.45) is 2.09. The third-order valence-corrected chi connectivity index (χ3v) is 4.21. The second kappa shape index (κ2) is 8.38. The number of carbonyl (C=O) groups excluding carboxylic acids is 2. The summed E-state index contributed by atoms with van der Waals surface area (Å²) >= 11 is 0. The molecule has 6 heteroatoms. The number of hydrogen-bond donors (Lipinski definition) is 2. The van der Waals surface area contributed by atoms with Gasteiger partial charge in [0.05, 0.1) is 13.7 Å². The average molecular weight is 354 g/mol. The summed E-state index contributed by atoms with van der Waals surface area (Å²) in [5.74, 6) is 1.37. The maximum Gasteiger partial charge on any atom is 0.251 e. The lowest BCUT2D eigenvalue weighted by molar-refractivity contribution is -0.116. The Morgan fingerprint density at radius 2 is 1.88 bits per heavy atom. The summed E-state index contributed by atoms with van der Waals surface area (Å²) in [6.45, 7) is 0.776. The fourth-order valence-electron chi connectivity index (χ4n) is 2.82. The second-order valence-corrected chi connectivity index (χ2v) is 6.05. The van der Waals surface area contributed by atoms with Crippen molar-refractivity contribution < 1.29 is 19.1 Å². The summed E-state index contributed by atoms with van der Waals surface area (Å²) in [7, 11) is 1.61. The third-order valence-electron chi connectivity index (χ3n) is 4.21. The van der Waals surface area contributed by atoms with Crippen LogP contribution in [0.25, 0.3) is 0 Å². The van der Waals surface area contributed by atoms with Gasteiger partial charge >= 0.3 is 0 Å². The van der Waals surface area contributed by atoms with Gasteiger partial charge in [0.1, 0.15) is 18.1 Å². The molecule has 0 aromatic heterocycles. The van der Waals surface area contributed by atoms with Crippen LogP contribution in [-0.4, -0.2) is 32.1 Å². The first-order chi connectivity index (χ1) is 12.7. The first kappa shape index (κ1) is 17.8. The summed E-state index contributed by atoms with van der Waals surface area (Å²) in [5.41, 5.74) is 2.38. The predicted molar refractivity (Wildman–Crippen MR) is 98.8 cm³/mol. The van der Waals surface area contributed by atoms with E-state index in [4.69, 9.17) is 9.47 Å². The lowest BCUT2D eigenvalue weighted by Gasteiger charge is -2.11. The third kappa shape index (κ3) is 4.53. The Kier molecular flexibility index (Phi) is 5.73. The average Bonchev–Trinajstić information content (AvgIpc) is 2.85. The van der Waals surface area contributed by atoms with Gasteiger partial charge in [0.2, 0.25) is 5.91 Å². The first-order valence-electron chi connectivity index (χ1n) is 8.63. The molecule has 2 N–H and O–H groups in total. The molecule has 1 aliphatic heterocycles. The number of ether oxygens (including phenoxy) is 2. The van der Waals surface area contributed by atoms with E-state index in [2.05, 4.69) is 10.6 Å². The van der Waals surface area contributed by atoms with Gasteiger partial charge < -0.3 is 20.1 Å². The van der Waals surface area contributed by atoms with Gasteiger partial charge in [0, 0.05) is 17.7 Å². The summed E-state index contributed by atoms with van der Waals surface area (Å²) in [5, 5.41) is 5.71. The summed E-state index contributed by atoms with van der Waals surface area (Å²) < 4.78 is 10.7. The molecule has 2 amide bonds. The van der Waals surface area contributed by atoms with Crippen LogP contribution in [-0.2, 0) is 11.2 Å². The van der Waals surface area contributed by atoms with Gasteiger partial charge in [-0.25, -0.2) is 0 Å². The van der Waals surface area contributed by atoms with Crippen LogP contribution in [0.15, 0.2) is 42.5 Å². The monoisotopic (exact) mass is 354 g/mol. The van der Waals surface area contributed by atoms with Gasteiger partial charge in [0.15, 0.2) is 0 Å². The molecule has 0 fully saturated rings. The fraction of sp³-hybridized carbons (Fsp3) is 0.300. The van der Waals surface area contributed by atoms with Gasteiger partial charge in [-0.3, -0.25) is 9.59 Å². The summed E-state index contributed by atoms with van der Waals surface area (Å²) in [6, 6.07) is 12.7. The van der Waals surface area contributed by atoms with Crippen molar-refractivity contribution in [1.82, 2.24) is 5.32 Å². The van der Waals surface area contributed by atoms with Gasteiger partial charge in [0.25, 0.3) is 5.91 Å². The molecular formula is C20H22N2O4. The van der Waals surface area contributed by atoms with Crippen LogP contribution in [0, 0.1) is 0 Å². The van der Waals surface area contributed by atoms with Gasteiger partial charge in [-0.05, 0) is 60.9 Å². The highest BCUT2D eigenvalue weighted by Gasteiger charge is 2.15. The molecular weight excluding hydrogens is 332 g/mol. The van der Waals surface area contributed by atoms with Crippen molar-refractivity contribution in [2.75, 3.05) is 25.6 Å². The van der Waals surface area contributed by atoms with Crippen molar-refractivity contribution >= 4 is 17.5 Å². The highest BCUT2D eigenvalue weighted by Crippen LogP contribution is 2.23. The Morgan fingerprint density at radius 3 is 2.65 bits per heavy atom. The van der Waals surface area contributed by atoms with Crippen molar-refractivity contribution in [3.05, 3.63) is 53.6 Å². The van der Waals surface area contributed by atoms with E-state index >= 15 is 0 Å². The van der Waals surface area contributed by atoms with E-state index in [0.717, 1.165) is 35.6 Å². The second-order valence-electron chi connectivity index (χ2n) is 6.05. The number of methoxy groups -OCH3 is 1. The number of fused-ring (bicyclic) bond motifs is 1. The maximum atomic E-state index is 12.3. The fourth-order valence-corrected chi connectivity index (χ4v) is 2.82. The lowest BCUT2D eigenvalue weighted by Crippen LogP contribution is -2.28. The molecule has 26 heavy (non-hydrogen) atoms. The van der Waals surface area contributed by atoms with Crippen LogP contribution in [0.2, 0.25) is 0 Å². The number of amides is 2. The molecule has 1 heterocycles. The molecule has 0 unspecified atom stereocenters. The van der Waals surface area contributed by atoms with Crippen molar-refractivity contribution in [2.45, 2.75) is 19.3 Å². The molecule has 2 aromatic rings. The SMILES string of the molecule is COc1ccc(OCCNC(=O)c2ccc3c(c2)CCCC(=O)N3)cc1. The van der Waals surface area contributed by atoms with Crippen LogP contribution in [0.5, 0.6) is 11.5 Å². The van der Waals surface area contributed by atoms with Crippen molar-refractivity contribution in [3.63, 3.8) is 0 Å². The first-order valence-corrected chi connectivity index (χ1v) is 8.63. The van der Waals surface area contributed by atoms with Crippen molar-refractivity contribution in [1.29, 1.82) is 0 Å². The Hall–Kier alpha value is -3.02. The van der Waals surface area contributed by atoms with Crippen molar-refractivity contribution in [2.24, 2.45) is 0 Å².